The van der Waals surface area contributed by atoms with Crippen molar-refractivity contribution in [3.8, 4) is 0 Å². The second-order valence-electron chi connectivity index (χ2n) is 3.00. The number of hydrogen-bond acceptors (Lipinski definition) is 3. The van der Waals surface area contributed by atoms with Crippen LogP contribution in [-0.4, -0.2) is 30.2 Å². The number of rotatable bonds is 4. The van der Waals surface area contributed by atoms with Crippen molar-refractivity contribution in [2.75, 3.05) is 7.05 Å². The lowest BCUT2D eigenvalue weighted by Crippen LogP contribution is -2.37. The molecule has 0 aromatic carbocycles. The Bertz CT molecular complexity index is 166. The summed E-state index contributed by atoms with van der Waals surface area (Å²) in [5.74, 6) is -0.380. The molecule has 3 heteroatoms. The van der Waals surface area contributed by atoms with E-state index < -0.39 is 0 Å². The fourth-order valence-corrected chi connectivity index (χ4v) is 0.719. The van der Waals surface area contributed by atoms with E-state index in [1.165, 1.54) is 6.08 Å². The summed E-state index contributed by atoms with van der Waals surface area (Å²) in [5, 5.41) is 0. The molecule has 0 fully saturated rings. The molecule has 0 spiro atoms. The molecule has 1 unspecified atom stereocenters. The highest BCUT2D eigenvalue weighted by Crippen LogP contribution is 2.03. The van der Waals surface area contributed by atoms with Crippen LogP contribution in [0.1, 0.15) is 20.8 Å². The van der Waals surface area contributed by atoms with Gasteiger partial charge in [-0.1, -0.05) is 6.58 Å². The Morgan fingerprint density at radius 1 is 1.50 bits per heavy atom. The molecule has 1 atom stereocenters. The molecule has 70 valence electrons. The number of nitrogens with zero attached hydrogens (tertiary/aromatic N) is 1. The summed E-state index contributed by atoms with van der Waals surface area (Å²) in [7, 11) is 1.91. The Hall–Kier alpha value is -0.830. The lowest BCUT2D eigenvalue weighted by atomic mass is 10.3. The number of esters is 1. The Morgan fingerprint density at radius 3 is 2.33 bits per heavy atom. The number of carbonyl (C=O) groups excluding carboxylic acids is 1. The van der Waals surface area contributed by atoms with Crippen molar-refractivity contribution in [3.63, 3.8) is 0 Å². The van der Waals surface area contributed by atoms with Crippen molar-refractivity contribution in [2.45, 2.75) is 33.0 Å². The summed E-state index contributed by atoms with van der Waals surface area (Å²) < 4.78 is 4.99. The third-order valence-corrected chi connectivity index (χ3v) is 1.84. The molecule has 0 saturated carbocycles. The zero-order valence-electron chi connectivity index (χ0n) is 8.20. The number of carbonyl (C=O) groups is 1. The minimum atomic E-state index is -0.380. The van der Waals surface area contributed by atoms with Gasteiger partial charge in [0.15, 0.2) is 6.23 Å². The van der Waals surface area contributed by atoms with Crippen LogP contribution in [0, 0.1) is 0 Å². The van der Waals surface area contributed by atoms with Crippen LogP contribution in [0.5, 0.6) is 0 Å². The first kappa shape index (κ1) is 11.2. The summed E-state index contributed by atoms with van der Waals surface area (Å²) in [4.78, 5) is 12.7. The minimum Gasteiger partial charge on any atom is -0.443 e. The van der Waals surface area contributed by atoms with Gasteiger partial charge in [0.2, 0.25) is 0 Å². The van der Waals surface area contributed by atoms with Gasteiger partial charge in [0.1, 0.15) is 0 Å². The highest BCUT2D eigenvalue weighted by molar-refractivity contribution is 5.81. The molecule has 0 aromatic rings. The summed E-state index contributed by atoms with van der Waals surface area (Å²) in [6.07, 6.45) is 0.973. The maximum absolute atomic E-state index is 10.8. The molecule has 0 saturated heterocycles. The van der Waals surface area contributed by atoms with E-state index >= 15 is 0 Å². The Kier molecular flexibility index (Phi) is 4.59. The topological polar surface area (TPSA) is 29.5 Å². The smallest absolute Gasteiger partial charge is 0.331 e. The van der Waals surface area contributed by atoms with E-state index in [2.05, 4.69) is 6.58 Å². The fourth-order valence-electron chi connectivity index (χ4n) is 0.719. The van der Waals surface area contributed by atoms with Gasteiger partial charge in [0.05, 0.1) is 0 Å². The van der Waals surface area contributed by atoms with Crippen molar-refractivity contribution in [1.82, 2.24) is 4.90 Å². The quantitative estimate of drug-likeness (QED) is 0.364. The van der Waals surface area contributed by atoms with E-state index in [9.17, 15) is 4.79 Å². The monoisotopic (exact) mass is 171 g/mol. The summed E-state index contributed by atoms with van der Waals surface area (Å²) in [6, 6.07) is 0.359. The number of ether oxygens (including phenoxy) is 1. The standard InChI is InChI=1S/C9H17NO2/c1-6-9(11)12-8(4)10(5)7(2)3/h6-8H,1H2,2-5H3. The van der Waals surface area contributed by atoms with Crippen molar-refractivity contribution < 1.29 is 9.53 Å². The van der Waals surface area contributed by atoms with Crippen LogP contribution < -0.4 is 0 Å². The second kappa shape index (κ2) is 4.93. The van der Waals surface area contributed by atoms with Crippen molar-refractivity contribution >= 4 is 5.97 Å². The van der Waals surface area contributed by atoms with E-state index in [1.54, 1.807) is 0 Å². The van der Waals surface area contributed by atoms with Crippen LogP contribution in [0.15, 0.2) is 12.7 Å². The molecule has 0 aromatic heterocycles. The van der Waals surface area contributed by atoms with Gasteiger partial charge in [-0.3, -0.25) is 4.90 Å². The van der Waals surface area contributed by atoms with Gasteiger partial charge in [-0.05, 0) is 27.8 Å². The molecular formula is C9H17NO2. The zero-order valence-corrected chi connectivity index (χ0v) is 8.20. The van der Waals surface area contributed by atoms with Gasteiger partial charge in [-0.25, -0.2) is 4.79 Å². The van der Waals surface area contributed by atoms with Gasteiger partial charge < -0.3 is 4.74 Å². The van der Waals surface area contributed by atoms with Gasteiger partial charge in [0, 0.05) is 12.1 Å². The molecule has 0 aliphatic heterocycles. The fraction of sp³-hybridized carbons (Fsp3) is 0.667. The lowest BCUT2D eigenvalue weighted by Gasteiger charge is -2.27. The van der Waals surface area contributed by atoms with E-state index in [0.717, 1.165) is 0 Å². The SMILES string of the molecule is C=CC(=O)OC(C)N(C)C(C)C. The molecule has 0 N–H and O–H groups in total. The first-order chi connectivity index (χ1) is 5.49. The lowest BCUT2D eigenvalue weighted by molar-refractivity contribution is -0.151. The highest BCUT2D eigenvalue weighted by atomic mass is 16.6. The van der Waals surface area contributed by atoms with Crippen molar-refractivity contribution in [1.29, 1.82) is 0 Å². The van der Waals surface area contributed by atoms with Gasteiger partial charge in [-0.15, -0.1) is 0 Å². The molecule has 0 aliphatic carbocycles. The average Bonchev–Trinajstić information content (AvgIpc) is 2.02. The predicted molar refractivity (Wildman–Crippen MR) is 48.7 cm³/mol. The molecule has 0 radical (unpaired) electrons. The predicted octanol–water partition coefficient (Wildman–Crippen LogP) is 1.40. The van der Waals surface area contributed by atoms with Gasteiger partial charge in [0.25, 0.3) is 0 Å². The van der Waals surface area contributed by atoms with E-state index in [4.69, 9.17) is 4.74 Å². The van der Waals surface area contributed by atoms with E-state index in [-0.39, 0.29) is 12.2 Å². The molecule has 0 rings (SSSR count). The first-order valence-corrected chi connectivity index (χ1v) is 4.04. The largest absolute Gasteiger partial charge is 0.443 e. The minimum absolute atomic E-state index is 0.199. The van der Waals surface area contributed by atoms with Gasteiger partial charge in [-0.2, -0.15) is 0 Å². The highest BCUT2D eigenvalue weighted by Gasteiger charge is 2.14. The normalized spacial score (nSPS) is 13.2. The third-order valence-electron chi connectivity index (χ3n) is 1.84. The summed E-state index contributed by atoms with van der Waals surface area (Å²) >= 11 is 0. The maximum Gasteiger partial charge on any atom is 0.331 e. The van der Waals surface area contributed by atoms with Crippen LogP contribution in [0.4, 0.5) is 0 Å². The second-order valence-corrected chi connectivity index (χ2v) is 3.00. The summed E-state index contributed by atoms with van der Waals surface area (Å²) in [6.45, 7) is 9.24. The number of hydrogen-bond donors (Lipinski definition) is 0. The maximum atomic E-state index is 10.8. The van der Waals surface area contributed by atoms with E-state index in [0.29, 0.717) is 6.04 Å². The van der Waals surface area contributed by atoms with Crippen LogP contribution >= 0.6 is 0 Å². The molecule has 0 aliphatic rings. The van der Waals surface area contributed by atoms with Gasteiger partial charge >= 0.3 is 5.97 Å². The molecule has 3 nitrogen and oxygen atoms in total. The van der Waals surface area contributed by atoms with Crippen LogP contribution in [0.25, 0.3) is 0 Å². The van der Waals surface area contributed by atoms with Crippen LogP contribution in [0.2, 0.25) is 0 Å². The average molecular weight is 171 g/mol. The van der Waals surface area contributed by atoms with Crippen molar-refractivity contribution in [2.24, 2.45) is 0 Å². The molecule has 0 bridgehead atoms. The zero-order chi connectivity index (χ0) is 9.72. The molecule has 0 heterocycles. The molecule has 0 amide bonds. The van der Waals surface area contributed by atoms with Crippen LogP contribution in [0.3, 0.4) is 0 Å². The Balaban J connectivity index is 3.94. The Labute approximate surface area is 74.0 Å². The Morgan fingerprint density at radius 2 is 2.00 bits per heavy atom. The van der Waals surface area contributed by atoms with E-state index in [1.807, 2.05) is 32.7 Å². The molecular weight excluding hydrogens is 154 g/mol. The van der Waals surface area contributed by atoms with Crippen LogP contribution in [-0.2, 0) is 9.53 Å². The molecule has 12 heavy (non-hydrogen) atoms. The third kappa shape index (κ3) is 3.53. The first-order valence-electron chi connectivity index (χ1n) is 4.04. The summed E-state index contributed by atoms with van der Waals surface area (Å²) in [5.41, 5.74) is 0. The van der Waals surface area contributed by atoms with Crippen molar-refractivity contribution in [3.05, 3.63) is 12.7 Å².